The van der Waals surface area contributed by atoms with Crippen LogP contribution < -0.4 is 10.6 Å². The van der Waals surface area contributed by atoms with Crippen LogP contribution in [-0.2, 0) is 22.6 Å². The summed E-state index contributed by atoms with van der Waals surface area (Å²) in [6, 6.07) is 8.25. The Bertz CT molecular complexity index is 863. The summed E-state index contributed by atoms with van der Waals surface area (Å²) in [4.78, 5) is 29.9. The lowest BCUT2D eigenvalue weighted by Crippen LogP contribution is -2.38. The molecular weight excluding hydrogens is 376 g/mol. The van der Waals surface area contributed by atoms with Crippen LogP contribution >= 0.6 is 0 Å². The molecule has 1 heterocycles. The van der Waals surface area contributed by atoms with Crippen LogP contribution in [0.25, 0.3) is 11.0 Å². The first-order valence-electron chi connectivity index (χ1n) is 11.7. The molecule has 0 saturated heterocycles. The normalized spacial score (nSPS) is 18.4. The summed E-state index contributed by atoms with van der Waals surface area (Å²) in [7, 11) is 0. The van der Waals surface area contributed by atoms with Crippen LogP contribution in [0, 0.1) is 5.92 Å². The van der Waals surface area contributed by atoms with Crippen LogP contribution in [0.2, 0.25) is 0 Å². The Morgan fingerprint density at radius 2 is 1.67 bits per heavy atom. The van der Waals surface area contributed by atoms with Gasteiger partial charge in [-0.15, -0.1) is 0 Å². The lowest BCUT2D eigenvalue weighted by Gasteiger charge is -2.23. The molecule has 0 radical (unpaired) electrons. The minimum atomic E-state index is 0.0533. The van der Waals surface area contributed by atoms with Gasteiger partial charge in [0.15, 0.2) is 0 Å². The molecule has 0 unspecified atom stereocenters. The Balaban J connectivity index is 1.39. The van der Waals surface area contributed by atoms with Gasteiger partial charge in [-0.25, -0.2) is 4.98 Å². The Hall–Kier alpha value is -2.37. The number of fused-ring (bicyclic) bond motifs is 1. The van der Waals surface area contributed by atoms with Crippen LogP contribution in [0.5, 0.6) is 0 Å². The van der Waals surface area contributed by atoms with Gasteiger partial charge in [-0.1, -0.05) is 50.7 Å². The number of rotatable bonds is 7. The van der Waals surface area contributed by atoms with Crippen LogP contribution in [-0.4, -0.2) is 34.0 Å². The number of nitrogens with zero attached hydrogens (tertiary/aromatic N) is 2. The van der Waals surface area contributed by atoms with Crippen LogP contribution in [0.3, 0.4) is 0 Å². The second-order valence-corrected chi connectivity index (χ2v) is 8.88. The summed E-state index contributed by atoms with van der Waals surface area (Å²) < 4.78 is 2.01. The van der Waals surface area contributed by atoms with Crippen molar-refractivity contribution in [3.05, 3.63) is 30.1 Å². The number of aromatic nitrogens is 2. The molecule has 1 aromatic heterocycles. The van der Waals surface area contributed by atoms with E-state index in [0.717, 1.165) is 55.4 Å². The first-order chi connectivity index (χ1) is 14.7. The highest BCUT2D eigenvalue weighted by Crippen LogP contribution is 2.23. The van der Waals surface area contributed by atoms with Gasteiger partial charge in [-0.2, -0.15) is 0 Å². The van der Waals surface area contributed by atoms with Crippen LogP contribution in [0.1, 0.15) is 70.0 Å². The Morgan fingerprint density at radius 3 is 2.43 bits per heavy atom. The van der Waals surface area contributed by atoms with E-state index in [-0.39, 0.29) is 24.3 Å². The molecule has 30 heavy (non-hydrogen) atoms. The minimum absolute atomic E-state index is 0.0533. The fourth-order valence-corrected chi connectivity index (χ4v) is 4.96. The smallest absolute Gasteiger partial charge is 0.240 e. The summed E-state index contributed by atoms with van der Waals surface area (Å²) in [6.45, 7) is 0.839. The summed E-state index contributed by atoms with van der Waals surface area (Å²) >= 11 is 0. The quantitative estimate of drug-likeness (QED) is 0.730. The molecule has 162 valence electrons. The summed E-state index contributed by atoms with van der Waals surface area (Å²) in [5.41, 5.74) is 1.88. The van der Waals surface area contributed by atoms with Gasteiger partial charge >= 0.3 is 0 Å². The zero-order valence-corrected chi connectivity index (χ0v) is 17.9. The largest absolute Gasteiger partial charge is 0.355 e. The average molecular weight is 411 g/mol. The third-order valence-corrected chi connectivity index (χ3v) is 6.63. The van der Waals surface area contributed by atoms with Gasteiger partial charge in [0.2, 0.25) is 11.8 Å². The van der Waals surface area contributed by atoms with Gasteiger partial charge in [0.05, 0.1) is 11.0 Å². The molecule has 0 bridgehead atoms. The van der Waals surface area contributed by atoms with Crippen molar-refractivity contribution in [3.8, 4) is 0 Å². The highest BCUT2D eigenvalue weighted by atomic mass is 16.2. The second-order valence-electron chi connectivity index (χ2n) is 8.88. The first kappa shape index (κ1) is 20.9. The molecule has 2 aromatic rings. The number of hydrogen-bond donors (Lipinski definition) is 2. The number of carbonyl (C=O) groups is 2. The molecule has 6 nitrogen and oxygen atoms in total. The molecule has 0 aliphatic heterocycles. The number of para-hydroxylation sites is 2. The second kappa shape index (κ2) is 10.1. The monoisotopic (exact) mass is 410 g/mol. The maximum Gasteiger partial charge on any atom is 0.240 e. The van der Waals surface area contributed by atoms with Gasteiger partial charge in [0.1, 0.15) is 12.4 Å². The standard InChI is InChI=1S/C24H34N4O2/c29-23(26-19-11-5-2-6-12-19)17-28-21-14-8-7-13-20(21)27-22(28)15-16-25-24(30)18-9-3-1-4-10-18/h7-8,13-14,18-19H,1-6,9-12,15-17H2,(H,25,30)(H,26,29). The van der Waals surface area contributed by atoms with Gasteiger partial charge in [0.25, 0.3) is 0 Å². The number of nitrogens with one attached hydrogen (secondary N) is 2. The van der Waals surface area contributed by atoms with Crippen molar-refractivity contribution in [2.45, 2.75) is 83.2 Å². The summed E-state index contributed by atoms with van der Waals surface area (Å²) in [5, 5.41) is 6.31. The molecule has 0 atom stereocenters. The zero-order chi connectivity index (χ0) is 20.8. The summed E-state index contributed by atoms with van der Waals surface area (Å²) in [5.74, 6) is 1.25. The number of hydrogen-bond acceptors (Lipinski definition) is 3. The maximum absolute atomic E-state index is 12.7. The number of imidazole rings is 1. The first-order valence-corrected chi connectivity index (χ1v) is 11.7. The molecule has 2 amide bonds. The van der Waals surface area contributed by atoms with Gasteiger partial charge in [0, 0.05) is 24.9 Å². The van der Waals surface area contributed by atoms with Crippen molar-refractivity contribution in [2.24, 2.45) is 5.92 Å². The third-order valence-electron chi connectivity index (χ3n) is 6.63. The highest BCUT2D eigenvalue weighted by Gasteiger charge is 2.21. The predicted molar refractivity (Wildman–Crippen MR) is 118 cm³/mol. The molecule has 2 saturated carbocycles. The Morgan fingerprint density at radius 1 is 0.967 bits per heavy atom. The van der Waals surface area contributed by atoms with Gasteiger partial charge < -0.3 is 15.2 Å². The topological polar surface area (TPSA) is 76.0 Å². The van der Waals surface area contributed by atoms with Crippen LogP contribution in [0.4, 0.5) is 0 Å². The van der Waals surface area contributed by atoms with Gasteiger partial charge in [-0.05, 0) is 37.8 Å². The van der Waals surface area contributed by atoms with E-state index >= 15 is 0 Å². The molecular formula is C24H34N4O2. The van der Waals surface area contributed by atoms with Crippen LogP contribution in [0.15, 0.2) is 24.3 Å². The van der Waals surface area contributed by atoms with Crippen molar-refractivity contribution in [3.63, 3.8) is 0 Å². The Labute approximate surface area is 178 Å². The van der Waals surface area contributed by atoms with Crippen molar-refractivity contribution in [1.29, 1.82) is 0 Å². The van der Waals surface area contributed by atoms with Crippen molar-refractivity contribution >= 4 is 22.8 Å². The zero-order valence-electron chi connectivity index (χ0n) is 17.9. The fraction of sp³-hybridized carbons (Fsp3) is 0.625. The van der Waals surface area contributed by atoms with Crippen molar-refractivity contribution in [1.82, 2.24) is 20.2 Å². The molecule has 2 aliphatic carbocycles. The van der Waals surface area contributed by atoms with Crippen molar-refractivity contribution < 1.29 is 9.59 Å². The van der Waals surface area contributed by atoms with E-state index < -0.39 is 0 Å². The minimum Gasteiger partial charge on any atom is -0.355 e. The van der Waals surface area contributed by atoms with E-state index in [1.165, 1.54) is 25.7 Å². The Kier molecular flexibility index (Phi) is 7.03. The molecule has 2 N–H and O–H groups in total. The molecule has 0 spiro atoms. The SMILES string of the molecule is O=C(Cn1c(CCNC(=O)C2CCCCC2)nc2ccccc21)NC1CCCCC1. The molecule has 1 aromatic carbocycles. The average Bonchev–Trinajstić information content (AvgIpc) is 3.12. The van der Waals surface area contributed by atoms with Crippen molar-refractivity contribution in [2.75, 3.05) is 6.54 Å². The van der Waals surface area contributed by atoms with E-state index in [0.29, 0.717) is 19.0 Å². The number of benzene rings is 1. The third kappa shape index (κ3) is 5.21. The number of carbonyl (C=O) groups excluding carboxylic acids is 2. The van der Waals surface area contributed by atoms with E-state index in [2.05, 4.69) is 10.6 Å². The van der Waals surface area contributed by atoms with Gasteiger partial charge in [-0.3, -0.25) is 9.59 Å². The highest BCUT2D eigenvalue weighted by molar-refractivity contribution is 5.81. The lowest BCUT2D eigenvalue weighted by atomic mass is 9.89. The predicted octanol–water partition coefficient (Wildman–Crippen LogP) is 3.72. The molecule has 4 rings (SSSR count). The lowest BCUT2D eigenvalue weighted by molar-refractivity contribution is -0.126. The van der Waals surface area contributed by atoms with E-state index in [1.807, 2.05) is 28.8 Å². The summed E-state index contributed by atoms with van der Waals surface area (Å²) in [6.07, 6.45) is 12.0. The molecule has 2 fully saturated rings. The maximum atomic E-state index is 12.7. The molecule has 6 heteroatoms. The van der Waals surface area contributed by atoms with E-state index in [9.17, 15) is 9.59 Å². The number of amides is 2. The van der Waals surface area contributed by atoms with E-state index in [1.54, 1.807) is 0 Å². The van der Waals surface area contributed by atoms with E-state index in [4.69, 9.17) is 4.98 Å². The molecule has 2 aliphatic rings. The fourth-order valence-electron chi connectivity index (χ4n) is 4.96.